The number of anilines is 2. The van der Waals surface area contributed by atoms with E-state index in [4.69, 9.17) is 10.2 Å². The SMILES string of the molecule is O=C(O)Nc1nc(NC(=O)O)c([N+](=O)[O-])cc1[N+](=O)[O-]. The van der Waals surface area contributed by atoms with Crippen molar-refractivity contribution in [1.82, 2.24) is 4.98 Å². The van der Waals surface area contributed by atoms with Crippen molar-refractivity contribution < 1.29 is 29.6 Å². The average molecular weight is 287 g/mol. The number of nitrogens with zero attached hydrogens (tertiary/aromatic N) is 3. The van der Waals surface area contributed by atoms with Gasteiger partial charge in [0.05, 0.1) is 9.85 Å². The lowest BCUT2D eigenvalue weighted by Crippen LogP contribution is -2.15. The summed E-state index contributed by atoms with van der Waals surface area (Å²) in [6, 6.07) is 0.392. The Labute approximate surface area is 108 Å². The number of nitrogens with one attached hydrogen (secondary N) is 2. The first-order valence-corrected chi connectivity index (χ1v) is 4.56. The molecule has 0 atom stereocenters. The van der Waals surface area contributed by atoms with Crippen LogP contribution in [-0.4, -0.2) is 37.2 Å². The van der Waals surface area contributed by atoms with Crippen LogP contribution in [0.2, 0.25) is 0 Å². The molecule has 0 radical (unpaired) electrons. The third-order valence-corrected chi connectivity index (χ3v) is 1.83. The summed E-state index contributed by atoms with van der Waals surface area (Å²) in [6.45, 7) is 0. The summed E-state index contributed by atoms with van der Waals surface area (Å²) in [5.41, 5.74) is -1.98. The van der Waals surface area contributed by atoms with Crippen molar-refractivity contribution in [3.8, 4) is 0 Å². The summed E-state index contributed by atoms with van der Waals surface area (Å²) in [6.07, 6.45) is -3.42. The van der Waals surface area contributed by atoms with E-state index >= 15 is 0 Å². The van der Waals surface area contributed by atoms with Gasteiger partial charge in [-0.2, -0.15) is 4.98 Å². The van der Waals surface area contributed by atoms with E-state index in [0.717, 1.165) is 0 Å². The van der Waals surface area contributed by atoms with Crippen LogP contribution in [0.5, 0.6) is 0 Å². The Morgan fingerprint density at radius 2 is 1.35 bits per heavy atom. The molecule has 13 nitrogen and oxygen atoms in total. The van der Waals surface area contributed by atoms with Crippen LogP contribution in [0.15, 0.2) is 6.07 Å². The lowest BCUT2D eigenvalue weighted by atomic mass is 10.3. The topological polar surface area (TPSA) is 198 Å². The minimum Gasteiger partial charge on any atom is -0.465 e. The molecule has 0 aliphatic rings. The van der Waals surface area contributed by atoms with Gasteiger partial charge in [-0.05, 0) is 0 Å². The van der Waals surface area contributed by atoms with Crippen LogP contribution >= 0.6 is 0 Å². The molecule has 0 aromatic carbocycles. The number of hydrogen-bond donors (Lipinski definition) is 4. The number of pyridine rings is 1. The molecule has 13 heteroatoms. The first-order valence-electron chi connectivity index (χ1n) is 4.56. The monoisotopic (exact) mass is 287 g/mol. The van der Waals surface area contributed by atoms with Gasteiger partial charge in [-0.1, -0.05) is 0 Å². The number of carboxylic acid groups (broad SMARTS) is 2. The minimum absolute atomic E-state index is 0.392. The molecule has 0 spiro atoms. The zero-order valence-corrected chi connectivity index (χ0v) is 9.26. The third kappa shape index (κ3) is 3.25. The van der Waals surface area contributed by atoms with E-state index in [9.17, 15) is 29.8 Å². The Balaban J connectivity index is 3.50. The lowest BCUT2D eigenvalue weighted by Gasteiger charge is -2.05. The van der Waals surface area contributed by atoms with Gasteiger partial charge in [0.25, 0.3) is 0 Å². The van der Waals surface area contributed by atoms with Gasteiger partial charge in [-0.3, -0.25) is 30.9 Å². The number of hydrogen-bond acceptors (Lipinski definition) is 7. The van der Waals surface area contributed by atoms with Crippen LogP contribution in [0, 0.1) is 20.2 Å². The second kappa shape index (κ2) is 5.42. The summed E-state index contributed by atoms with van der Waals surface area (Å²) in [4.78, 5) is 43.3. The number of carbonyl (C=O) groups is 2. The predicted molar refractivity (Wildman–Crippen MR) is 60.8 cm³/mol. The lowest BCUT2D eigenvalue weighted by molar-refractivity contribution is -0.393. The van der Waals surface area contributed by atoms with Gasteiger partial charge in [0, 0.05) is 0 Å². The van der Waals surface area contributed by atoms with Crippen LogP contribution in [0.4, 0.5) is 32.6 Å². The molecule has 4 N–H and O–H groups in total. The quantitative estimate of drug-likeness (QED) is 0.461. The number of rotatable bonds is 4. The van der Waals surface area contributed by atoms with Gasteiger partial charge < -0.3 is 10.2 Å². The van der Waals surface area contributed by atoms with E-state index in [1.54, 1.807) is 10.6 Å². The summed E-state index contributed by atoms with van der Waals surface area (Å²) >= 11 is 0. The Bertz CT molecular complexity index is 564. The second-order valence-electron chi connectivity index (χ2n) is 3.10. The highest BCUT2D eigenvalue weighted by Gasteiger charge is 2.28. The van der Waals surface area contributed by atoms with Gasteiger partial charge in [-0.15, -0.1) is 0 Å². The summed E-state index contributed by atoms with van der Waals surface area (Å²) in [7, 11) is 0. The molecular formula is C7H5N5O8. The molecule has 1 rings (SSSR count). The summed E-state index contributed by atoms with van der Waals surface area (Å²) in [5, 5.41) is 41.4. The van der Waals surface area contributed by atoms with E-state index < -0.39 is 45.0 Å². The van der Waals surface area contributed by atoms with Gasteiger partial charge in [0.1, 0.15) is 6.07 Å². The maximum atomic E-state index is 10.7. The van der Waals surface area contributed by atoms with Crippen LogP contribution < -0.4 is 10.6 Å². The molecule has 0 saturated heterocycles. The van der Waals surface area contributed by atoms with Crippen LogP contribution in [0.1, 0.15) is 0 Å². The molecule has 0 bridgehead atoms. The Kier molecular flexibility index (Phi) is 3.95. The highest BCUT2D eigenvalue weighted by Crippen LogP contribution is 2.32. The fourth-order valence-electron chi connectivity index (χ4n) is 1.16. The van der Waals surface area contributed by atoms with E-state index in [0.29, 0.717) is 6.07 Å². The molecule has 1 aromatic rings. The molecule has 0 unspecified atom stereocenters. The number of nitro groups is 2. The molecular weight excluding hydrogens is 282 g/mol. The average Bonchev–Trinajstić information content (AvgIpc) is 2.26. The molecule has 0 aliphatic carbocycles. The van der Waals surface area contributed by atoms with Gasteiger partial charge in [-0.25, -0.2) is 9.59 Å². The van der Waals surface area contributed by atoms with Crippen molar-refractivity contribution >= 4 is 35.2 Å². The van der Waals surface area contributed by atoms with E-state index in [-0.39, 0.29) is 0 Å². The predicted octanol–water partition coefficient (Wildman–Crippen LogP) is 1.08. The number of aromatic nitrogens is 1. The zero-order valence-electron chi connectivity index (χ0n) is 9.26. The van der Waals surface area contributed by atoms with Crippen LogP contribution in [0.25, 0.3) is 0 Å². The Morgan fingerprint density at radius 1 is 1.00 bits per heavy atom. The first kappa shape index (κ1) is 14.6. The molecule has 106 valence electrons. The standard InChI is InChI=1S/C7H5N5O8/c13-6(14)9-4-2(11(17)18)1-3(12(19)20)5(8-4)10-7(15)16/h1H,(H,13,14)(H,15,16)(H2,8,9,10). The van der Waals surface area contributed by atoms with E-state index in [2.05, 4.69) is 4.98 Å². The molecule has 2 amide bonds. The Morgan fingerprint density at radius 3 is 1.60 bits per heavy atom. The highest BCUT2D eigenvalue weighted by molar-refractivity contribution is 5.89. The van der Waals surface area contributed by atoms with Crippen LogP contribution in [0.3, 0.4) is 0 Å². The largest absolute Gasteiger partial charge is 0.465 e. The van der Waals surface area contributed by atoms with Crippen molar-refractivity contribution in [3.05, 3.63) is 26.3 Å². The van der Waals surface area contributed by atoms with Gasteiger partial charge >= 0.3 is 23.6 Å². The van der Waals surface area contributed by atoms with Gasteiger partial charge in [0.2, 0.25) is 11.6 Å². The highest BCUT2D eigenvalue weighted by atomic mass is 16.6. The molecule has 20 heavy (non-hydrogen) atoms. The fraction of sp³-hybridized carbons (Fsp3) is 0. The van der Waals surface area contributed by atoms with Gasteiger partial charge in [0.15, 0.2) is 0 Å². The first-order chi connectivity index (χ1) is 9.22. The van der Waals surface area contributed by atoms with Crippen molar-refractivity contribution in [2.75, 3.05) is 10.6 Å². The molecule has 1 aromatic heterocycles. The second-order valence-corrected chi connectivity index (χ2v) is 3.10. The maximum Gasteiger partial charge on any atom is 0.410 e. The molecule has 0 saturated carbocycles. The summed E-state index contributed by atoms with van der Waals surface area (Å²) in [5.74, 6) is -1.70. The van der Waals surface area contributed by atoms with Crippen molar-refractivity contribution in [2.45, 2.75) is 0 Å². The minimum atomic E-state index is -1.71. The molecule has 0 fully saturated rings. The fourth-order valence-corrected chi connectivity index (χ4v) is 1.16. The molecule has 1 heterocycles. The van der Waals surface area contributed by atoms with Crippen LogP contribution in [-0.2, 0) is 0 Å². The molecule has 0 aliphatic heterocycles. The maximum absolute atomic E-state index is 10.7. The third-order valence-electron chi connectivity index (χ3n) is 1.83. The summed E-state index contributed by atoms with van der Waals surface area (Å²) < 4.78 is 0. The van der Waals surface area contributed by atoms with E-state index in [1.165, 1.54) is 0 Å². The van der Waals surface area contributed by atoms with Crippen molar-refractivity contribution in [3.63, 3.8) is 0 Å². The normalized spacial score (nSPS) is 9.60. The van der Waals surface area contributed by atoms with E-state index in [1.807, 2.05) is 0 Å². The van der Waals surface area contributed by atoms with Crippen molar-refractivity contribution in [1.29, 1.82) is 0 Å². The van der Waals surface area contributed by atoms with Crippen molar-refractivity contribution in [2.24, 2.45) is 0 Å². The number of amides is 2. The smallest absolute Gasteiger partial charge is 0.410 e. The Hall–Kier alpha value is -3.51. The zero-order chi connectivity index (χ0) is 15.4.